The number of aromatic amines is 1. The number of aromatic nitrogens is 1. The average molecular weight is 428 g/mol. The van der Waals surface area contributed by atoms with E-state index in [2.05, 4.69) is 15.6 Å². The molecular formula is C26H25N3O3. The lowest BCUT2D eigenvalue weighted by Crippen LogP contribution is -2.24. The Hall–Kier alpha value is -3.80. The maximum atomic E-state index is 12.8. The highest BCUT2D eigenvalue weighted by Gasteiger charge is 2.17. The van der Waals surface area contributed by atoms with Gasteiger partial charge in [-0.25, -0.2) is 0 Å². The van der Waals surface area contributed by atoms with Gasteiger partial charge in [-0.1, -0.05) is 12.1 Å². The van der Waals surface area contributed by atoms with Crippen LogP contribution in [0.1, 0.15) is 56.1 Å². The van der Waals surface area contributed by atoms with Crippen LogP contribution in [0.25, 0.3) is 10.9 Å². The summed E-state index contributed by atoms with van der Waals surface area (Å²) in [6.07, 6.45) is 6.13. The van der Waals surface area contributed by atoms with Crippen molar-refractivity contribution in [1.29, 1.82) is 0 Å². The zero-order chi connectivity index (χ0) is 21.9. The summed E-state index contributed by atoms with van der Waals surface area (Å²) in [6, 6.07) is 16.7. The molecule has 0 bridgehead atoms. The van der Waals surface area contributed by atoms with Crippen molar-refractivity contribution in [3.63, 3.8) is 0 Å². The predicted octanol–water partition coefficient (Wildman–Crippen LogP) is 4.50. The minimum atomic E-state index is -0.183. The summed E-state index contributed by atoms with van der Waals surface area (Å²) in [6.45, 7) is 0.680. The van der Waals surface area contributed by atoms with Gasteiger partial charge in [-0.15, -0.1) is 0 Å². The Kier molecular flexibility index (Phi) is 5.50. The van der Waals surface area contributed by atoms with Crippen LogP contribution in [0.4, 0.5) is 0 Å². The van der Waals surface area contributed by atoms with Crippen LogP contribution in [0.2, 0.25) is 0 Å². The molecule has 162 valence electrons. The lowest BCUT2D eigenvalue weighted by molar-refractivity contribution is 0.0943. The molecule has 4 aromatic rings. The molecule has 2 aromatic heterocycles. The number of aryl methyl sites for hydroxylation is 2. The second kappa shape index (κ2) is 8.75. The van der Waals surface area contributed by atoms with Crippen LogP contribution in [0.5, 0.6) is 0 Å². The van der Waals surface area contributed by atoms with Gasteiger partial charge in [0.05, 0.1) is 12.8 Å². The number of carbonyl (C=O) groups is 2. The van der Waals surface area contributed by atoms with E-state index in [-0.39, 0.29) is 11.8 Å². The molecule has 2 aromatic carbocycles. The average Bonchev–Trinajstić information content (AvgIpc) is 3.48. The highest BCUT2D eigenvalue weighted by atomic mass is 16.3. The van der Waals surface area contributed by atoms with Gasteiger partial charge in [0.2, 0.25) is 0 Å². The molecule has 0 saturated carbocycles. The number of hydrogen-bond acceptors (Lipinski definition) is 3. The van der Waals surface area contributed by atoms with Crippen LogP contribution in [-0.2, 0) is 25.9 Å². The standard InChI is InChI=1S/C26H25N3O3/c30-25(28-16-20-7-4-12-32-20)18-6-3-5-17(13-18)15-27-26(31)19-10-11-24-22(14-19)21-8-1-2-9-23(21)29-24/h3-7,10-14,29H,1-2,8-9,15-16H2,(H,27,31)(H,28,30). The Bertz CT molecular complexity index is 1270. The maximum Gasteiger partial charge on any atom is 0.251 e. The van der Waals surface area contributed by atoms with Gasteiger partial charge in [0.1, 0.15) is 5.76 Å². The molecule has 0 fully saturated rings. The van der Waals surface area contributed by atoms with E-state index < -0.39 is 0 Å². The number of rotatable bonds is 6. The summed E-state index contributed by atoms with van der Waals surface area (Å²) >= 11 is 0. The molecule has 5 rings (SSSR count). The van der Waals surface area contributed by atoms with Gasteiger partial charge in [-0.05, 0) is 79.3 Å². The third kappa shape index (κ3) is 4.17. The number of H-pyrrole nitrogens is 1. The monoisotopic (exact) mass is 427 g/mol. The number of furan rings is 1. The third-order valence-corrected chi connectivity index (χ3v) is 6.01. The van der Waals surface area contributed by atoms with Gasteiger partial charge in [0, 0.05) is 34.3 Å². The molecule has 0 saturated heterocycles. The number of amides is 2. The van der Waals surface area contributed by atoms with Gasteiger partial charge >= 0.3 is 0 Å². The first-order chi connectivity index (χ1) is 15.7. The number of hydrogen-bond donors (Lipinski definition) is 3. The van der Waals surface area contributed by atoms with Crippen molar-refractivity contribution in [3.05, 3.63) is 94.6 Å². The Balaban J connectivity index is 1.24. The van der Waals surface area contributed by atoms with Crippen molar-refractivity contribution >= 4 is 22.7 Å². The van der Waals surface area contributed by atoms with E-state index in [1.165, 1.54) is 24.1 Å². The van der Waals surface area contributed by atoms with E-state index in [0.717, 1.165) is 29.3 Å². The number of carbonyl (C=O) groups excluding carboxylic acids is 2. The molecule has 0 unspecified atom stereocenters. The molecule has 6 nitrogen and oxygen atoms in total. The molecule has 2 heterocycles. The molecule has 1 aliphatic carbocycles. The Labute approximate surface area is 186 Å². The fourth-order valence-electron chi connectivity index (χ4n) is 4.34. The van der Waals surface area contributed by atoms with Gasteiger partial charge in [0.15, 0.2) is 0 Å². The van der Waals surface area contributed by atoms with Crippen LogP contribution >= 0.6 is 0 Å². The highest BCUT2D eigenvalue weighted by molar-refractivity contribution is 5.99. The normalized spacial score (nSPS) is 13.0. The largest absolute Gasteiger partial charge is 0.467 e. The minimum absolute atomic E-state index is 0.120. The van der Waals surface area contributed by atoms with Gasteiger partial charge in [-0.3, -0.25) is 9.59 Å². The molecule has 6 heteroatoms. The molecule has 2 amide bonds. The molecule has 3 N–H and O–H groups in total. The number of benzene rings is 2. The van der Waals surface area contributed by atoms with E-state index in [4.69, 9.17) is 4.42 Å². The van der Waals surface area contributed by atoms with E-state index in [9.17, 15) is 9.59 Å². The van der Waals surface area contributed by atoms with Crippen LogP contribution in [0, 0.1) is 0 Å². The maximum absolute atomic E-state index is 12.8. The zero-order valence-corrected chi connectivity index (χ0v) is 17.7. The number of nitrogens with one attached hydrogen (secondary N) is 3. The van der Waals surface area contributed by atoms with E-state index in [0.29, 0.717) is 30.0 Å². The van der Waals surface area contributed by atoms with Crippen molar-refractivity contribution in [2.45, 2.75) is 38.8 Å². The molecule has 32 heavy (non-hydrogen) atoms. The van der Waals surface area contributed by atoms with Gasteiger partial charge < -0.3 is 20.0 Å². The lowest BCUT2D eigenvalue weighted by atomic mass is 9.95. The number of fused-ring (bicyclic) bond motifs is 3. The summed E-state index contributed by atoms with van der Waals surface area (Å²) in [5, 5.41) is 6.97. The van der Waals surface area contributed by atoms with E-state index >= 15 is 0 Å². The second-order valence-electron chi connectivity index (χ2n) is 8.19. The van der Waals surface area contributed by atoms with E-state index in [1.54, 1.807) is 24.5 Å². The highest BCUT2D eigenvalue weighted by Crippen LogP contribution is 2.29. The van der Waals surface area contributed by atoms with E-state index in [1.807, 2.05) is 36.4 Å². The molecule has 0 aliphatic heterocycles. The zero-order valence-electron chi connectivity index (χ0n) is 17.7. The molecule has 0 spiro atoms. The van der Waals surface area contributed by atoms with Crippen molar-refractivity contribution in [2.75, 3.05) is 0 Å². The van der Waals surface area contributed by atoms with Crippen molar-refractivity contribution in [3.8, 4) is 0 Å². The van der Waals surface area contributed by atoms with Crippen LogP contribution < -0.4 is 10.6 Å². The topological polar surface area (TPSA) is 87.1 Å². The van der Waals surface area contributed by atoms with Crippen LogP contribution in [0.3, 0.4) is 0 Å². The minimum Gasteiger partial charge on any atom is -0.467 e. The Morgan fingerprint density at radius 3 is 2.53 bits per heavy atom. The fraction of sp³-hybridized carbons (Fsp3) is 0.231. The quantitative estimate of drug-likeness (QED) is 0.423. The van der Waals surface area contributed by atoms with Crippen molar-refractivity contribution in [1.82, 2.24) is 15.6 Å². The summed E-state index contributed by atoms with van der Waals surface area (Å²) < 4.78 is 5.24. The first kappa shape index (κ1) is 20.1. The third-order valence-electron chi connectivity index (χ3n) is 6.01. The second-order valence-corrected chi connectivity index (χ2v) is 8.19. The first-order valence-corrected chi connectivity index (χ1v) is 11.0. The van der Waals surface area contributed by atoms with Gasteiger partial charge in [0.25, 0.3) is 11.8 Å². The fourth-order valence-corrected chi connectivity index (χ4v) is 4.34. The summed E-state index contributed by atoms with van der Waals surface area (Å²) in [5.41, 5.74) is 5.83. The Morgan fingerprint density at radius 2 is 1.69 bits per heavy atom. The van der Waals surface area contributed by atoms with Crippen LogP contribution in [0.15, 0.2) is 65.3 Å². The van der Waals surface area contributed by atoms with Crippen LogP contribution in [-0.4, -0.2) is 16.8 Å². The first-order valence-electron chi connectivity index (χ1n) is 11.0. The summed E-state index contributed by atoms with van der Waals surface area (Å²) in [7, 11) is 0. The van der Waals surface area contributed by atoms with Crippen molar-refractivity contribution < 1.29 is 14.0 Å². The van der Waals surface area contributed by atoms with Crippen molar-refractivity contribution in [2.24, 2.45) is 0 Å². The molecule has 0 radical (unpaired) electrons. The predicted molar refractivity (Wildman–Crippen MR) is 122 cm³/mol. The molecule has 0 atom stereocenters. The van der Waals surface area contributed by atoms with Gasteiger partial charge in [-0.2, -0.15) is 0 Å². The smallest absolute Gasteiger partial charge is 0.251 e. The SMILES string of the molecule is O=C(NCc1cccc(C(=O)NCc2ccco2)c1)c1ccc2[nH]c3c(c2c1)CCCC3. The summed E-state index contributed by atoms with van der Waals surface area (Å²) in [4.78, 5) is 28.7. The molecular weight excluding hydrogens is 402 g/mol. The Morgan fingerprint density at radius 1 is 0.875 bits per heavy atom. The summed E-state index contributed by atoms with van der Waals surface area (Å²) in [5.74, 6) is 0.394. The lowest BCUT2D eigenvalue weighted by Gasteiger charge is -2.11. The molecule has 1 aliphatic rings.